The molecule has 1 N–H and O–H groups in total. The largest absolute Gasteiger partial charge is 0.497 e. The highest BCUT2D eigenvalue weighted by atomic mass is 32.2. The molecule has 1 unspecified atom stereocenters. The van der Waals surface area contributed by atoms with Gasteiger partial charge in [-0.3, -0.25) is 0 Å². The maximum atomic E-state index is 12.4. The standard InChI is InChI=1S/C15H20N4O8S/c1-5-25-14-16-18(15(21)19(14)26-6-2)13(20)17-27-28(22)12-9-10(23-3)7-8-11(12)24-4/h7-9H,5-6H2,1-4H3,(H,17,20). The molecule has 1 atom stereocenters. The molecule has 154 valence electrons. The molecule has 0 radical (unpaired) electrons. The molecule has 0 saturated carbocycles. The van der Waals surface area contributed by atoms with Crippen LogP contribution >= 0.6 is 0 Å². The number of nitrogens with zero attached hydrogens (tertiary/aromatic N) is 3. The zero-order valence-corrected chi connectivity index (χ0v) is 16.5. The lowest BCUT2D eigenvalue weighted by molar-refractivity contribution is 0.0857. The van der Waals surface area contributed by atoms with E-state index in [2.05, 4.69) is 5.10 Å². The Balaban J connectivity index is 2.17. The van der Waals surface area contributed by atoms with Crippen LogP contribution in [0, 0.1) is 0 Å². The molecule has 1 aromatic heterocycles. The summed E-state index contributed by atoms with van der Waals surface area (Å²) in [6, 6.07) is 3.25. The summed E-state index contributed by atoms with van der Waals surface area (Å²) in [7, 11) is 2.82. The molecule has 0 aliphatic carbocycles. The lowest BCUT2D eigenvalue weighted by Crippen LogP contribution is -2.39. The molecule has 0 aliphatic heterocycles. The Morgan fingerprint density at radius 3 is 2.57 bits per heavy atom. The summed E-state index contributed by atoms with van der Waals surface area (Å²) in [5.41, 5.74) is 0.972. The molecule has 0 spiro atoms. The van der Waals surface area contributed by atoms with E-state index in [0.717, 1.165) is 4.73 Å². The second-order valence-corrected chi connectivity index (χ2v) is 5.94. The zero-order chi connectivity index (χ0) is 20.7. The first-order valence-corrected chi connectivity index (χ1v) is 9.13. The van der Waals surface area contributed by atoms with E-state index in [0.29, 0.717) is 10.4 Å². The third-order valence-corrected chi connectivity index (χ3v) is 4.11. The van der Waals surface area contributed by atoms with Crippen LogP contribution in [0.15, 0.2) is 27.9 Å². The molecule has 0 aliphatic rings. The highest BCUT2D eigenvalue weighted by Gasteiger charge is 2.22. The molecule has 0 fully saturated rings. The Kier molecular flexibility index (Phi) is 7.40. The number of hydroxylamine groups is 1. The first-order valence-electron chi connectivity index (χ1n) is 8.06. The van der Waals surface area contributed by atoms with Crippen molar-refractivity contribution in [1.29, 1.82) is 0 Å². The van der Waals surface area contributed by atoms with Crippen molar-refractivity contribution in [2.24, 2.45) is 0 Å². The zero-order valence-electron chi connectivity index (χ0n) is 15.7. The summed E-state index contributed by atoms with van der Waals surface area (Å²) in [6.45, 7) is 3.66. The number of nitrogens with one attached hydrogen (secondary N) is 1. The molecule has 1 amide bonds. The van der Waals surface area contributed by atoms with E-state index in [1.165, 1.54) is 26.4 Å². The number of rotatable bonds is 9. The highest BCUT2D eigenvalue weighted by Crippen LogP contribution is 2.27. The smallest absolute Gasteiger partial charge is 0.391 e. The van der Waals surface area contributed by atoms with E-state index >= 15 is 0 Å². The predicted octanol–water partition coefficient (Wildman–Crippen LogP) is 0.121. The number of amides is 1. The molecule has 2 aromatic rings. The van der Waals surface area contributed by atoms with Gasteiger partial charge in [-0.15, -0.1) is 9.78 Å². The van der Waals surface area contributed by atoms with Gasteiger partial charge in [0.15, 0.2) is 0 Å². The van der Waals surface area contributed by atoms with Crippen LogP contribution in [0.2, 0.25) is 0 Å². The van der Waals surface area contributed by atoms with Gasteiger partial charge in [-0.25, -0.2) is 13.8 Å². The number of carbonyl (C=O) groups excluding carboxylic acids is 1. The average molecular weight is 416 g/mol. The summed E-state index contributed by atoms with van der Waals surface area (Å²) in [5.74, 6) is 0.664. The van der Waals surface area contributed by atoms with E-state index < -0.39 is 22.8 Å². The fourth-order valence-corrected chi connectivity index (χ4v) is 2.77. The van der Waals surface area contributed by atoms with Gasteiger partial charge in [0.05, 0.1) is 20.8 Å². The van der Waals surface area contributed by atoms with Crippen molar-refractivity contribution >= 4 is 17.1 Å². The number of carbonyl (C=O) groups is 1. The topological polar surface area (TPSA) is 132 Å². The molecular weight excluding hydrogens is 396 g/mol. The number of ether oxygens (including phenoxy) is 3. The highest BCUT2D eigenvalue weighted by molar-refractivity contribution is 7.80. The van der Waals surface area contributed by atoms with Gasteiger partial charge in [-0.1, -0.05) is 4.73 Å². The minimum Gasteiger partial charge on any atom is -0.497 e. The monoisotopic (exact) mass is 416 g/mol. The lowest BCUT2D eigenvalue weighted by Gasteiger charge is -2.09. The normalized spacial score (nSPS) is 11.6. The molecule has 0 saturated heterocycles. The van der Waals surface area contributed by atoms with Crippen LogP contribution in [-0.4, -0.2) is 52.2 Å². The predicted molar refractivity (Wildman–Crippen MR) is 95.7 cm³/mol. The van der Waals surface area contributed by atoms with Gasteiger partial charge in [0, 0.05) is 6.07 Å². The number of hydrogen-bond donors (Lipinski definition) is 1. The first-order chi connectivity index (χ1) is 13.5. The lowest BCUT2D eigenvalue weighted by atomic mass is 10.3. The van der Waals surface area contributed by atoms with E-state index in [9.17, 15) is 13.8 Å². The average Bonchev–Trinajstić information content (AvgIpc) is 3.01. The van der Waals surface area contributed by atoms with Gasteiger partial charge in [-0.05, 0) is 26.0 Å². The maximum Gasteiger partial charge on any atom is 0.391 e. The molecule has 2 rings (SSSR count). The Bertz CT molecular complexity index is 910. The molecule has 1 aromatic carbocycles. The van der Waals surface area contributed by atoms with Crippen molar-refractivity contribution in [3.63, 3.8) is 0 Å². The molecule has 12 nitrogen and oxygen atoms in total. The Labute approximate surface area is 162 Å². The van der Waals surface area contributed by atoms with Crippen molar-refractivity contribution in [3.05, 3.63) is 28.7 Å². The summed E-state index contributed by atoms with van der Waals surface area (Å²) in [6.07, 6.45) is 0. The van der Waals surface area contributed by atoms with Crippen LogP contribution < -0.4 is 30.2 Å². The second-order valence-electron chi connectivity index (χ2n) is 4.86. The molecular formula is C15H20N4O8S. The third-order valence-electron chi connectivity index (χ3n) is 3.19. The van der Waals surface area contributed by atoms with Gasteiger partial charge in [0.1, 0.15) is 23.0 Å². The molecule has 28 heavy (non-hydrogen) atoms. The summed E-state index contributed by atoms with van der Waals surface area (Å²) < 4.78 is 33.7. The SMILES string of the molecule is CCOc1nn(C(=O)NOS(=O)c2cc(OC)ccc2OC)c(=O)n1OCC. The van der Waals surface area contributed by atoms with E-state index in [1.807, 2.05) is 5.48 Å². The van der Waals surface area contributed by atoms with Gasteiger partial charge in [0.25, 0.3) is 0 Å². The third kappa shape index (κ3) is 4.61. The van der Waals surface area contributed by atoms with Crippen molar-refractivity contribution in [2.75, 3.05) is 27.4 Å². The fourth-order valence-electron chi connectivity index (χ4n) is 2.00. The number of benzene rings is 1. The van der Waals surface area contributed by atoms with Crippen LogP contribution in [-0.2, 0) is 15.4 Å². The summed E-state index contributed by atoms with van der Waals surface area (Å²) >= 11 is -2.16. The van der Waals surface area contributed by atoms with Crippen LogP contribution in [0.3, 0.4) is 0 Å². The van der Waals surface area contributed by atoms with E-state index in [1.54, 1.807) is 19.9 Å². The quantitative estimate of drug-likeness (QED) is 0.566. The van der Waals surface area contributed by atoms with E-state index in [4.69, 9.17) is 23.3 Å². The van der Waals surface area contributed by atoms with Gasteiger partial charge in [-0.2, -0.15) is 9.76 Å². The van der Waals surface area contributed by atoms with Crippen molar-refractivity contribution in [3.8, 4) is 17.5 Å². The summed E-state index contributed by atoms with van der Waals surface area (Å²) in [5, 5.41) is 3.71. The van der Waals surface area contributed by atoms with Crippen molar-refractivity contribution in [1.82, 2.24) is 20.0 Å². The minimum absolute atomic E-state index is 0.115. The van der Waals surface area contributed by atoms with Crippen molar-refractivity contribution in [2.45, 2.75) is 18.7 Å². The Hall–Kier alpha value is -3.06. The fraction of sp³-hybridized carbons (Fsp3) is 0.400. The van der Waals surface area contributed by atoms with Crippen LogP contribution in [0.4, 0.5) is 4.79 Å². The Morgan fingerprint density at radius 2 is 1.96 bits per heavy atom. The van der Waals surface area contributed by atoms with Crippen LogP contribution in [0.1, 0.15) is 13.8 Å². The Morgan fingerprint density at radius 1 is 1.21 bits per heavy atom. The van der Waals surface area contributed by atoms with Gasteiger partial charge < -0.3 is 19.0 Å². The van der Waals surface area contributed by atoms with Crippen molar-refractivity contribution < 1.29 is 32.3 Å². The van der Waals surface area contributed by atoms with Crippen LogP contribution in [0.5, 0.6) is 17.5 Å². The first kappa shape index (κ1) is 21.2. The van der Waals surface area contributed by atoms with Gasteiger partial charge in [0.2, 0.25) is 11.1 Å². The van der Waals surface area contributed by atoms with Gasteiger partial charge >= 0.3 is 17.7 Å². The molecule has 0 bridgehead atoms. The van der Waals surface area contributed by atoms with Crippen LogP contribution in [0.25, 0.3) is 0 Å². The molecule has 13 heteroatoms. The number of aromatic nitrogens is 3. The minimum atomic E-state index is -2.16. The number of hydrogen-bond acceptors (Lipinski definition) is 9. The maximum absolute atomic E-state index is 12.4. The van der Waals surface area contributed by atoms with E-state index in [-0.39, 0.29) is 29.9 Å². The number of methoxy groups -OCH3 is 2. The molecule has 1 heterocycles. The second kappa shape index (κ2) is 9.75. The summed E-state index contributed by atoms with van der Waals surface area (Å²) in [4.78, 5) is 29.6.